The van der Waals surface area contributed by atoms with Crippen LogP contribution in [0.1, 0.15) is 5.56 Å². The summed E-state index contributed by atoms with van der Waals surface area (Å²) < 4.78 is 0. The molecular formula is C25H18S3. The van der Waals surface area contributed by atoms with E-state index in [0.717, 1.165) is 0 Å². The highest BCUT2D eigenvalue weighted by Crippen LogP contribution is 2.41. The summed E-state index contributed by atoms with van der Waals surface area (Å²) in [6.45, 7) is 2.12. The van der Waals surface area contributed by atoms with Crippen LogP contribution in [0.3, 0.4) is 0 Å². The molecule has 0 fully saturated rings. The van der Waals surface area contributed by atoms with E-state index < -0.39 is 0 Å². The summed E-state index contributed by atoms with van der Waals surface area (Å²) in [5.41, 5.74) is 5.10. The first-order valence-corrected chi connectivity index (χ1v) is 11.7. The largest absolute Gasteiger partial charge is 0.143 e. The van der Waals surface area contributed by atoms with Crippen LogP contribution in [0.25, 0.3) is 41.1 Å². The minimum atomic E-state index is 1.26. The second kappa shape index (κ2) is 7.51. The Morgan fingerprint density at radius 3 is 1.57 bits per heavy atom. The molecule has 2 aromatic carbocycles. The van der Waals surface area contributed by atoms with Crippen molar-refractivity contribution in [3.05, 3.63) is 95.9 Å². The standard InChI is InChI=1S/C25H18S3/c1-17-4-6-18(7-5-17)19-8-10-20(11-9-19)21-12-13-24(27-21)25-15-14-23(28-25)22-3-2-16-26-22/h2-16H,1H3. The maximum Gasteiger partial charge on any atom is 0.0449 e. The van der Waals surface area contributed by atoms with Gasteiger partial charge in [0, 0.05) is 24.4 Å². The molecule has 0 aliphatic carbocycles. The van der Waals surface area contributed by atoms with Gasteiger partial charge in [-0.15, -0.1) is 34.0 Å². The molecule has 3 heteroatoms. The molecule has 5 aromatic rings. The number of hydrogen-bond donors (Lipinski definition) is 0. The normalized spacial score (nSPS) is 11.0. The molecule has 0 aliphatic heterocycles. The number of benzene rings is 2. The zero-order valence-corrected chi connectivity index (χ0v) is 17.8. The van der Waals surface area contributed by atoms with Gasteiger partial charge >= 0.3 is 0 Å². The van der Waals surface area contributed by atoms with Gasteiger partial charge in [0.05, 0.1) is 0 Å². The number of rotatable bonds is 4. The number of aryl methyl sites for hydroxylation is 1. The van der Waals surface area contributed by atoms with E-state index in [1.165, 1.54) is 46.6 Å². The third-order valence-corrected chi connectivity index (χ3v) is 8.25. The van der Waals surface area contributed by atoms with Crippen molar-refractivity contribution >= 4 is 34.0 Å². The number of thiophene rings is 3. The van der Waals surface area contributed by atoms with Gasteiger partial charge in [0.15, 0.2) is 0 Å². The van der Waals surface area contributed by atoms with Gasteiger partial charge < -0.3 is 0 Å². The molecule has 0 N–H and O–H groups in total. The molecular weight excluding hydrogens is 396 g/mol. The Balaban J connectivity index is 1.39. The van der Waals surface area contributed by atoms with Crippen LogP contribution in [0, 0.1) is 6.92 Å². The van der Waals surface area contributed by atoms with Crippen LogP contribution in [0.4, 0.5) is 0 Å². The van der Waals surface area contributed by atoms with Crippen molar-refractivity contribution in [2.75, 3.05) is 0 Å². The van der Waals surface area contributed by atoms with Gasteiger partial charge in [-0.2, -0.15) is 0 Å². The van der Waals surface area contributed by atoms with Gasteiger partial charge in [-0.25, -0.2) is 0 Å². The van der Waals surface area contributed by atoms with E-state index in [9.17, 15) is 0 Å². The highest BCUT2D eigenvalue weighted by Gasteiger charge is 2.09. The Labute approximate surface area is 177 Å². The van der Waals surface area contributed by atoms with Crippen LogP contribution in [0.15, 0.2) is 90.3 Å². The summed E-state index contributed by atoms with van der Waals surface area (Å²) >= 11 is 5.54. The molecule has 0 radical (unpaired) electrons. The lowest BCUT2D eigenvalue weighted by atomic mass is 10.0. The summed E-state index contributed by atoms with van der Waals surface area (Å²) in [7, 11) is 0. The first kappa shape index (κ1) is 17.6. The average molecular weight is 415 g/mol. The maximum atomic E-state index is 2.25. The maximum absolute atomic E-state index is 2.25. The van der Waals surface area contributed by atoms with Crippen molar-refractivity contribution in [2.24, 2.45) is 0 Å². The monoisotopic (exact) mass is 414 g/mol. The van der Waals surface area contributed by atoms with E-state index >= 15 is 0 Å². The number of hydrogen-bond acceptors (Lipinski definition) is 3. The fraction of sp³-hybridized carbons (Fsp3) is 0.0400. The van der Waals surface area contributed by atoms with Crippen LogP contribution in [0.5, 0.6) is 0 Å². The Kier molecular flexibility index (Phi) is 4.73. The first-order chi connectivity index (χ1) is 13.8. The third kappa shape index (κ3) is 3.49. The van der Waals surface area contributed by atoms with Crippen LogP contribution in [0.2, 0.25) is 0 Å². The van der Waals surface area contributed by atoms with Crippen molar-refractivity contribution in [3.8, 4) is 41.1 Å². The molecule has 3 aromatic heterocycles. The smallest absolute Gasteiger partial charge is 0.0449 e. The quantitative estimate of drug-likeness (QED) is 0.275. The van der Waals surface area contributed by atoms with Gasteiger partial charge in [-0.1, -0.05) is 60.2 Å². The summed E-state index contributed by atoms with van der Waals surface area (Å²) in [6.07, 6.45) is 0. The summed E-state index contributed by atoms with van der Waals surface area (Å²) in [5, 5.41) is 2.14. The van der Waals surface area contributed by atoms with E-state index in [2.05, 4.69) is 97.2 Å². The van der Waals surface area contributed by atoms with Gasteiger partial charge in [0.25, 0.3) is 0 Å². The van der Waals surface area contributed by atoms with Crippen LogP contribution in [-0.2, 0) is 0 Å². The lowest BCUT2D eigenvalue weighted by Gasteiger charge is -2.04. The Morgan fingerprint density at radius 1 is 0.464 bits per heavy atom. The van der Waals surface area contributed by atoms with Gasteiger partial charge in [0.2, 0.25) is 0 Å². The van der Waals surface area contributed by atoms with Crippen LogP contribution < -0.4 is 0 Å². The molecule has 0 aliphatic rings. The van der Waals surface area contributed by atoms with Gasteiger partial charge in [-0.3, -0.25) is 0 Å². The Hall–Kier alpha value is -2.46. The van der Waals surface area contributed by atoms with Crippen molar-refractivity contribution < 1.29 is 0 Å². The second-order valence-corrected chi connectivity index (χ2v) is 9.86. The van der Waals surface area contributed by atoms with E-state index in [-0.39, 0.29) is 0 Å². The van der Waals surface area contributed by atoms with Gasteiger partial charge in [-0.05, 0) is 59.3 Å². The van der Waals surface area contributed by atoms with E-state index in [4.69, 9.17) is 0 Å². The lowest BCUT2D eigenvalue weighted by Crippen LogP contribution is -1.79. The van der Waals surface area contributed by atoms with E-state index in [1.54, 1.807) is 11.3 Å². The molecule has 0 saturated heterocycles. The highest BCUT2D eigenvalue weighted by molar-refractivity contribution is 7.27. The highest BCUT2D eigenvalue weighted by atomic mass is 32.1. The predicted octanol–water partition coefficient (Wildman–Crippen LogP) is 8.85. The van der Waals surface area contributed by atoms with E-state index in [0.29, 0.717) is 0 Å². The van der Waals surface area contributed by atoms with Crippen molar-refractivity contribution in [3.63, 3.8) is 0 Å². The van der Waals surface area contributed by atoms with E-state index in [1.807, 2.05) is 22.7 Å². The van der Waals surface area contributed by atoms with Crippen molar-refractivity contribution in [2.45, 2.75) is 6.92 Å². The SMILES string of the molecule is Cc1ccc(-c2ccc(-c3ccc(-c4ccc(-c5cccs5)s4)s3)cc2)cc1. The first-order valence-electron chi connectivity index (χ1n) is 9.18. The zero-order chi connectivity index (χ0) is 18.9. The molecule has 0 amide bonds. The van der Waals surface area contributed by atoms with Crippen LogP contribution in [-0.4, -0.2) is 0 Å². The fourth-order valence-electron chi connectivity index (χ4n) is 3.22. The average Bonchev–Trinajstić information content (AvgIpc) is 3.49. The Bertz CT molecular complexity index is 1190. The van der Waals surface area contributed by atoms with Gasteiger partial charge in [0.1, 0.15) is 0 Å². The minimum absolute atomic E-state index is 1.26. The molecule has 0 spiro atoms. The second-order valence-electron chi connectivity index (χ2n) is 6.75. The summed E-state index contributed by atoms with van der Waals surface area (Å²) in [4.78, 5) is 6.69. The minimum Gasteiger partial charge on any atom is -0.143 e. The van der Waals surface area contributed by atoms with Crippen molar-refractivity contribution in [1.82, 2.24) is 0 Å². The Morgan fingerprint density at radius 2 is 0.964 bits per heavy atom. The van der Waals surface area contributed by atoms with Crippen molar-refractivity contribution in [1.29, 1.82) is 0 Å². The fourth-order valence-corrected chi connectivity index (χ4v) is 6.16. The lowest BCUT2D eigenvalue weighted by molar-refractivity contribution is 1.47. The molecule has 28 heavy (non-hydrogen) atoms. The molecule has 136 valence electrons. The summed E-state index contributed by atoms with van der Waals surface area (Å²) in [5.74, 6) is 0. The third-order valence-electron chi connectivity index (χ3n) is 4.77. The molecule has 0 unspecified atom stereocenters. The molecule has 0 bridgehead atoms. The molecule has 0 atom stereocenters. The zero-order valence-electron chi connectivity index (χ0n) is 15.4. The molecule has 5 rings (SSSR count). The summed E-state index contributed by atoms with van der Waals surface area (Å²) in [6, 6.07) is 30.9. The molecule has 0 nitrogen and oxygen atoms in total. The molecule has 0 saturated carbocycles. The van der Waals surface area contributed by atoms with Crippen LogP contribution >= 0.6 is 34.0 Å². The topological polar surface area (TPSA) is 0 Å². The predicted molar refractivity (Wildman–Crippen MR) is 127 cm³/mol. The molecule has 3 heterocycles.